The van der Waals surface area contributed by atoms with Crippen molar-refractivity contribution in [3.63, 3.8) is 0 Å². The largest absolute Gasteiger partial charge is 0.384 e. The molecule has 0 bridgehead atoms. The van der Waals surface area contributed by atoms with Crippen LogP contribution in [0.5, 0.6) is 0 Å². The number of pyridine rings is 1. The first-order valence-corrected chi connectivity index (χ1v) is 7.54. The summed E-state index contributed by atoms with van der Waals surface area (Å²) in [6, 6.07) is 11.3. The van der Waals surface area contributed by atoms with E-state index in [9.17, 15) is 0 Å². The van der Waals surface area contributed by atoms with Crippen molar-refractivity contribution in [1.29, 1.82) is 0 Å². The summed E-state index contributed by atoms with van der Waals surface area (Å²) in [5, 5.41) is 12.4. The molecule has 0 aliphatic rings. The summed E-state index contributed by atoms with van der Waals surface area (Å²) in [5.41, 5.74) is 8.31. The van der Waals surface area contributed by atoms with Crippen LogP contribution in [0.1, 0.15) is 18.7 Å². The molecule has 0 aliphatic heterocycles. The fourth-order valence-corrected chi connectivity index (χ4v) is 2.53. The second kappa shape index (κ2) is 5.73. The van der Waals surface area contributed by atoms with Gasteiger partial charge < -0.3 is 10.3 Å². The molecule has 8 heteroatoms. The number of benzene rings is 1. The van der Waals surface area contributed by atoms with Gasteiger partial charge >= 0.3 is 0 Å². The number of aromatic nitrogens is 6. The quantitative estimate of drug-likeness (QED) is 0.614. The van der Waals surface area contributed by atoms with Gasteiger partial charge in [0.1, 0.15) is 11.3 Å². The molecule has 1 unspecified atom stereocenters. The smallest absolute Gasteiger partial charge is 0.231 e. The third-order valence-electron chi connectivity index (χ3n) is 3.77. The molecule has 1 aromatic carbocycles. The van der Waals surface area contributed by atoms with Crippen LogP contribution in [0.3, 0.4) is 0 Å². The lowest BCUT2D eigenvalue weighted by molar-refractivity contribution is 0.343. The third kappa shape index (κ3) is 2.58. The molecule has 0 saturated heterocycles. The van der Waals surface area contributed by atoms with Crippen LogP contribution in [0, 0.1) is 0 Å². The summed E-state index contributed by atoms with van der Waals surface area (Å²) in [7, 11) is 0. The summed E-state index contributed by atoms with van der Waals surface area (Å²) in [6.07, 6.45) is 1.62. The van der Waals surface area contributed by atoms with E-state index in [4.69, 9.17) is 10.3 Å². The fourth-order valence-electron chi connectivity index (χ4n) is 2.53. The molecule has 1 atom stereocenters. The molecule has 24 heavy (non-hydrogen) atoms. The van der Waals surface area contributed by atoms with Crippen molar-refractivity contribution >= 4 is 16.9 Å². The number of nitrogen functional groups attached to an aromatic ring is 1. The van der Waals surface area contributed by atoms with E-state index < -0.39 is 0 Å². The van der Waals surface area contributed by atoms with E-state index in [-0.39, 0.29) is 5.92 Å². The van der Waals surface area contributed by atoms with Crippen molar-refractivity contribution in [2.24, 2.45) is 0 Å². The number of rotatable bonds is 4. The maximum absolute atomic E-state index is 5.69. The second-order valence-electron chi connectivity index (χ2n) is 5.59. The standard InChI is InChI=1S/C16H15N7O/c1-10(9-23-13-5-3-2-4-12(13)20-22-23)16-19-15(21-24-16)11-6-7-18-14(17)8-11/h2-8,10H,9H2,1H3,(H2,17,18). The molecule has 0 saturated carbocycles. The lowest BCUT2D eigenvalue weighted by Crippen LogP contribution is -2.08. The molecular formula is C16H15N7O. The van der Waals surface area contributed by atoms with E-state index >= 15 is 0 Å². The maximum atomic E-state index is 5.69. The fraction of sp³-hybridized carbons (Fsp3) is 0.188. The van der Waals surface area contributed by atoms with Crippen LogP contribution in [-0.2, 0) is 6.54 Å². The van der Waals surface area contributed by atoms with Gasteiger partial charge in [0.15, 0.2) is 0 Å². The van der Waals surface area contributed by atoms with Crippen LogP contribution in [0.15, 0.2) is 47.1 Å². The van der Waals surface area contributed by atoms with E-state index in [1.54, 1.807) is 18.3 Å². The zero-order chi connectivity index (χ0) is 16.5. The minimum Gasteiger partial charge on any atom is -0.384 e. The number of nitrogens with two attached hydrogens (primary N) is 1. The van der Waals surface area contributed by atoms with Gasteiger partial charge in [-0.25, -0.2) is 9.67 Å². The molecule has 0 spiro atoms. The van der Waals surface area contributed by atoms with Crippen molar-refractivity contribution < 1.29 is 4.52 Å². The van der Waals surface area contributed by atoms with Crippen molar-refractivity contribution in [2.75, 3.05) is 5.73 Å². The van der Waals surface area contributed by atoms with Gasteiger partial charge in [0.05, 0.1) is 18.0 Å². The molecule has 2 N–H and O–H groups in total. The highest BCUT2D eigenvalue weighted by molar-refractivity contribution is 5.73. The Morgan fingerprint density at radius 1 is 1.25 bits per heavy atom. The molecule has 0 amide bonds. The van der Waals surface area contributed by atoms with Crippen LogP contribution in [0.25, 0.3) is 22.4 Å². The minimum atomic E-state index is -0.00413. The molecule has 4 rings (SSSR count). The maximum Gasteiger partial charge on any atom is 0.231 e. The molecule has 120 valence electrons. The van der Waals surface area contributed by atoms with Gasteiger partial charge in [-0.1, -0.05) is 29.4 Å². The number of fused-ring (bicyclic) bond motifs is 1. The number of para-hydroxylation sites is 1. The average molecular weight is 321 g/mol. The van der Waals surface area contributed by atoms with Gasteiger partial charge in [-0.15, -0.1) is 5.10 Å². The van der Waals surface area contributed by atoms with Crippen LogP contribution in [0.4, 0.5) is 5.82 Å². The summed E-state index contributed by atoms with van der Waals surface area (Å²) in [6.45, 7) is 2.61. The zero-order valence-corrected chi connectivity index (χ0v) is 13.0. The van der Waals surface area contributed by atoms with E-state index in [1.165, 1.54) is 0 Å². The summed E-state index contributed by atoms with van der Waals surface area (Å²) < 4.78 is 7.24. The summed E-state index contributed by atoms with van der Waals surface area (Å²) >= 11 is 0. The molecule has 3 heterocycles. The minimum absolute atomic E-state index is 0.00413. The normalized spacial score (nSPS) is 12.5. The molecule has 0 aliphatic carbocycles. The van der Waals surface area contributed by atoms with Gasteiger partial charge in [0.2, 0.25) is 11.7 Å². The van der Waals surface area contributed by atoms with Gasteiger partial charge in [-0.05, 0) is 24.3 Å². The number of hydrogen-bond donors (Lipinski definition) is 1. The molecule has 0 fully saturated rings. The van der Waals surface area contributed by atoms with Crippen LogP contribution < -0.4 is 5.73 Å². The summed E-state index contributed by atoms with van der Waals surface area (Å²) in [5.74, 6) is 1.45. The topological polar surface area (TPSA) is 109 Å². The predicted octanol–water partition coefficient (Wildman–Crippen LogP) is 2.26. The predicted molar refractivity (Wildman–Crippen MR) is 87.9 cm³/mol. The highest BCUT2D eigenvalue weighted by Gasteiger charge is 2.17. The number of hydrogen-bond acceptors (Lipinski definition) is 7. The Hall–Kier alpha value is -3.29. The Balaban J connectivity index is 1.58. The molecule has 4 aromatic rings. The van der Waals surface area contributed by atoms with Gasteiger partial charge in [-0.3, -0.25) is 0 Å². The highest BCUT2D eigenvalue weighted by Crippen LogP contribution is 2.22. The van der Waals surface area contributed by atoms with Gasteiger partial charge in [0.25, 0.3) is 0 Å². The van der Waals surface area contributed by atoms with Crippen molar-refractivity contribution in [1.82, 2.24) is 30.1 Å². The van der Waals surface area contributed by atoms with Crippen molar-refractivity contribution in [3.05, 3.63) is 48.5 Å². The first kappa shape index (κ1) is 14.3. The number of nitrogens with zero attached hydrogens (tertiary/aromatic N) is 6. The SMILES string of the molecule is CC(Cn1nnc2ccccc21)c1nc(-c2ccnc(N)c2)no1. The van der Waals surface area contributed by atoms with Crippen molar-refractivity contribution in [2.45, 2.75) is 19.4 Å². The monoisotopic (exact) mass is 321 g/mol. The van der Waals surface area contributed by atoms with Crippen LogP contribution >= 0.6 is 0 Å². The van der Waals surface area contributed by atoms with Gasteiger partial charge in [-0.2, -0.15) is 4.98 Å². The lowest BCUT2D eigenvalue weighted by atomic mass is 10.2. The molecular weight excluding hydrogens is 306 g/mol. The molecule has 3 aromatic heterocycles. The molecule has 0 radical (unpaired) electrons. The van der Waals surface area contributed by atoms with Crippen molar-refractivity contribution in [3.8, 4) is 11.4 Å². The highest BCUT2D eigenvalue weighted by atomic mass is 16.5. The Morgan fingerprint density at radius 3 is 3.00 bits per heavy atom. The van der Waals surface area contributed by atoms with E-state index in [0.29, 0.717) is 24.1 Å². The second-order valence-corrected chi connectivity index (χ2v) is 5.59. The first-order chi connectivity index (χ1) is 11.7. The Kier molecular flexibility index (Phi) is 3.42. The summed E-state index contributed by atoms with van der Waals surface area (Å²) in [4.78, 5) is 8.42. The van der Waals surface area contributed by atoms with Crippen LogP contribution in [-0.4, -0.2) is 30.1 Å². The lowest BCUT2D eigenvalue weighted by Gasteiger charge is -2.06. The van der Waals surface area contributed by atoms with E-state index in [0.717, 1.165) is 16.6 Å². The third-order valence-corrected chi connectivity index (χ3v) is 3.77. The first-order valence-electron chi connectivity index (χ1n) is 7.54. The van der Waals surface area contributed by atoms with Crippen LogP contribution in [0.2, 0.25) is 0 Å². The Labute approximate surface area is 137 Å². The zero-order valence-electron chi connectivity index (χ0n) is 13.0. The Bertz CT molecular complexity index is 991. The average Bonchev–Trinajstić information content (AvgIpc) is 3.23. The number of anilines is 1. The molecule has 8 nitrogen and oxygen atoms in total. The Morgan fingerprint density at radius 2 is 2.12 bits per heavy atom. The van der Waals surface area contributed by atoms with E-state index in [1.807, 2.05) is 35.9 Å². The van der Waals surface area contributed by atoms with Gasteiger partial charge in [0, 0.05) is 11.8 Å². The van der Waals surface area contributed by atoms with E-state index in [2.05, 4.69) is 25.4 Å².